The first-order valence-corrected chi connectivity index (χ1v) is 7.15. The largest absolute Gasteiger partial charge is 0.417 e. The van der Waals surface area contributed by atoms with Crippen LogP contribution in [0.25, 0.3) is 0 Å². The zero-order valence-electron chi connectivity index (χ0n) is 11.0. The molecule has 110 valence electrons. The molecule has 5 heteroatoms. The number of ketones is 1. The molecule has 1 aliphatic rings. The Kier molecular flexibility index (Phi) is 4.74. The maximum atomic E-state index is 12.7. The van der Waals surface area contributed by atoms with E-state index < -0.39 is 11.7 Å². The zero-order valence-corrected chi connectivity index (χ0v) is 11.7. The molecule has 0 unspecified atom stereocenters. The molecule has 2 rings (SSSR count). The number of benzene rings is 1. The lowest BCUT2D eigenvalue weighted by Gasteiger charge is -2.11. The van der Waals surface area contributed by atoms with Crippen molar-refractivity contribution in [2.45, 2.75) is 44.7 Å². The van der Waals surface area contributed by atoms with Crippen LogP contribution in [-0.2, 0) is 6.18 Å². The molecule has 1 saturated carbocycles. The monoisotopic (exact) mass is 304 g/mol. The summed E-state index contributed by atoms with van der Waals surface area (Å²) in [5, 5.41) is -0.371. The molecule has 0 spiro atoms. The van der Waals surface area contributed by atoms with Gasteiger partial charge in [0.05, 0.1) is 10.6 Å². The number of hydrogen-bond acceptors (Lipinski definition) is 1. The molecule has 1 aliphatic carbocycles. The third kappa shape index (κ3) is 3.75. The average molecular weight is 305 g/mol. The van der Waals surface area contributed by atoms with Gasteiger partial charge >= 0.3 is 6.18 Å². The van der Waals surface area contributed by atoms with Crippen LogP contribution in [0.3, 0.4) is 0 Å². The molecule has 0 saturated heterocycles. The van der Waals surface area contributed by atoms with Crippen molar-refractivity contribution in [1.82, 2.24) is 0 Å². The minimum atomic E-state index is -4.53. The second-order valence-corrected chi connectivity index (χ2v) is 5.71. The second kappa shape index (κ2) is 6.17. The summed E-state index contributed by atoms with van der Waals surface area (Å²) >= 11 is 5.53. The van der Waals surface area contributed by atoms with Gasteiger partial charge in [0.2, 0.25) is 0 Å². The van der Waals surface area contributed by atoms with E-state index in [4.69, 9.17) is 11.6 Å². The Morgan fingerprint density at radius 2 is 1.90 bits per heavy atom. The highest BCUT2D eigenvalue weighted by Gasteiger charge is 2.33. The van der Waals surface area contributed by atoms with Crippen LogP contribution in [0.5, 0.6) is 0 Å². The van der Waals surface area contributed by atoms with Gasteiger partial charge in [-0.2, -0.15) is 13.2 Å². The molecule has 0 radical (unpaired) electrons. The van der Waals surface area contributed by atoms with Gasteiger partial charge in [-0.1, -0.05) is 37.3 Å². The van der Waals surface area contributed by atoms with Crippen LogP contribution in [-0.4, -0.2) is 5.78 Å². The maximum absolute atomic E-state index is 12.7. The Morgan fingerprint density at radius 3 is 2.50 bits per heavy atom. The second-order valence-electron chi connectivity index (χ2n) is 5.30. The Bertz CT molecular complexity index is 490. The van der Waals surface area contributed by atoms with Gasteiger partial charge in [0, 0.05) is 12.0 Å². The fraction of sp³-hybridized carbons (Fsp3) is 0.533. The van der Waals surface area contributed by atoms with E-state index in [1.165, 1.54) is 18.9 Å². The highest BCUT2D eigenvalue weighted by molar-refractivity contribution is 6.31. The highest BCUT2D eigenvalue weighted by Crippen LogP contribution is 2.35. The van der Waals surface area contributed by atoms with Gasteiger partial charge in [-0.15, -0.1) is 0 Å². The number of carbonyl (C=O) groups excluding carboxylic acids is 1. The van der Waals surface area contributed by atoms with Gasteiger partial charge in [-0.05, 0) is 30.5 Å². The van der Waals surface area contributed by atoms with Crippen LogP contribution in [0.2, 0.25) is 5.02 Å². The Hall–Kier alpha value is -1.03. The summed E-state index contributed by atoms with van der Waals surface area (Å²) in [4.78, 5) is 12.0. The molecule has 0 N–H and O–H groups in total. The lowest BCUT2D eigenvalue weighted by molar-refractivity contribution is -0.137. The number of carbonyl (C=O) groups is 1. The lowest BCUT2D eigenvalue weighted by Crippen LogP contribution is -2.09. The SMILES string of the molecule is O=C(CCC1CCCC1)c1ccc(Cl)c(C(F)(F)F)c1. The van der Waals surface area contributed by atoms with E-state index in [0.717, 1.165) is 31.4 Å². The summed E-state index contributed by atoms with van der Waals surface area (Å²) in [5.74, 6) is 0.312. The molecule has 0 bridgehead atoms. The Labute approximate surface area is 121 Å². The van der Waals surface area contributed by atoms with Gasteiger partial charge < -0.3 is 0 Å². The Morgan fingerprint density at radius 1 is 1.25 bits per heavy atom. The Balaban J connectivity index is 2.06. The van der Waals surface area contributed by atoms with Crippen molar-refractivity contribution in [2.24, 2.45) is 5.92 Å². The molecule has 0 atom stereocenters. The van der Waals surface area contributed by atoms with Crippen molar-refractivity contribution in [3.05, 3.63) is 34.3 Å². The molecule has 1 nitrogen and oxygen atoms in total. The molecule has 0 aliphatic heterocycles. The number of halogens is 4. The fourth-order valence-corrected chi connectivity index (χ4v) is 2.92. The normalized spacial score (nSPS) is 16.6. The van der Waals surface area contributed by atoms with Crippen LogP contribution >= 0.6 is 11.6 Å². The molecule has 1 aromatic carbocycles. The van der Waals surface area contributed by atoms with Crippen molar-refractivity contribution in [3.8, 4) is 0 Å². The van der Waals surface area contributed by atoms with Gasteiger partial charge in [0.1, 0.15) is 0 Å². The van der Waals surface area contributed by atoms with E-state index in [-0.39, 0.29) is 16.4 Å². The molecule has 1 fully saturated rings. The molecular formula is C15H16ClF3O. The van der Waals surface area contributed by atoms with Crippen LogP contribution in [0.15, 0.2) is 18.2 Å². The highest BCUT2D eigenvalue weighted by atomic mass is 35.5. The van der Waals surface area contributed by atoms with Crippen LogP contribution < -0.4 is 0 Å². The molecule has 0 aromatic heterocycles. The summed E-state index contributed by atoms with van der Waals surface area (Å²) in [6.45, 7) is 0. The predicted molar refractivity (Wildman–Crippen MR) is 72.0 cm³/mol. The van der Waals surface area contributed by atoms with E-state index in [1.54, 1.807) is 0 Å². The van der Waals surface area contributed by atoms with Crippen LogP contribution in [0.1, 0.15) is 54.4 Å². The van der Waals surface area contributed by atoms with Crippen molar-refractivity contribution in [3.63, 3.8) is 0 Å². The summed E-state index contributed by atoms with van der Waals surface area (Å²) in [5.41, 5.74) is -0.842. The van der Waals surface area contributed by atoms with Crippen LogP contribution in [0.4, 0.5) is 13.2 Å². The molecule has 0 heterocycles. The summed E-state index contributed by atoms with van der Waals surface area (Å²) in [7, 11) is 0. The molecule has 20 heavy (non-hydrogen) atoms. The number of hydrogen-bond donors (Lipinski definition) is 0. The maximum Gasteiger partial charge on any atom is 0.417 e. The number of Topliss-reactive ketones (excluding diaryl/α,β-unsaturated/α-hetero) is 1. The number of alkyl halides is 3. The van der Waals surface area contributed by atoms with Crippen molar-refractivity contribution < 1.29 is 18.0 Å². The minimum absolute atomic E-state index is 0.0970. The van der Waals surface area contributed by atoms with Crippen molar-refractivity contribution in [2.75, 3.05) is 0 Å². The van der Waals surface area contributed by atoms with E-state index >= 15 is 0 Å². The first-order chi connectivity index (χ1) is 9.38. The zero-order chi connectivity index (χ0) is 14.8. The topological polar surface area (TPSA) is 17.1 Å². The van der Waals surface area contributed by atoms with Crippen molar-refractivity contribution in [1.29, 1.82) is 0 Å². The van der Waals surface area contributed by atoms with E-state index in [0.29, 0.717) is 12.3 Å². The lowest BCUT2D eigenvalue weighted by atomic mass is 9.97. The van der Waals surface area contributed by atoms with E-state index in [2.05, 4.69) is 0 Å². The summed E-state index contributed by atoms with van der Waals surface area (Å²) in [6, 6.07) is 3.38. The van der Waals surface area contributed by atoms with Gasteiger partial charge in [0.15, 0.2) is 5.78 Å². The fourth-order valence-electron chi connectivity index (χ4n) is 2.69. The standard InChI is InChI=1S/C15H16ClF3O/c16-13-7-6-11(9-12(13)15(17,18)19)14(20)8-5-10-3-1-2-4-10/h6-7,9-10H,1-5,8H2. The van der Waals surface area contributed by atoms with E-state index in [9.17, 15) is 18.0 Å². The minimum Gasteiger partial charge on any atom is -0.294 e. The van der Waals surface area contributed by atoms with Gasteiger partial charge in [0.25, 0.3) is 0 Å². The summed E-state index contributed by atoms with van der Waals surface area (Å²) < 4.78 is 38.2. The van der Waals surface area contributed by atoms with Crippen LogP contribution in [0, 0.1) is 5.92 Å². The average Bonchev–Trinajstić information content (AvgIpc) is 2.88. The molecule has 1 aromatic rings. The third-order valence-electron chi connectivity index (χ3n) is 3.85. The predicted octanol–water partition coefficient (Wildman–Crippen LogP) is 5.51. The van der Waals surface area contributed by atoms with E-state index in [1.807, 2.05) is 0 Å². The molecular weight excluding hydrogens is 289 g/mol. The smallest absolute Gasteiger partial charge is 0.294 e. The van der Waals surface area contributed by atoms with Gasteiger partial charge in [-0.25, -0.2) is 0 Å². The summed E-state index contributed by atoms with van der Waals surface area (Å²) in [6.07, 6.45) is 1.19. The third-order valence-corrected chi connectivity index (χ3v) is 4.18. The van der Waals surface area contributed by atoms with Crippen molar-refractivity contribution >= 4 is 17.4 Å². The molecule has 0 amide bonds. The quantitative estimate of drug-likeness (QED) is 0.670. The van der Waals surface area contributed by atoms with Gasteiger partial charge in [-0.3, -0.25) is 4.79 Å². The first-order valence-electron chi connectivity index (χ1n) is 6.78. The first kappa shape index (κ1) is 15.4. The number of rotatable bonds is 4.